The van der Waals surface area contributed by atoms with Crippen LogP contribution in [0.25, 0.3) is 0 Å². The van der Waals surface area contributed by atoms with E-state index in [1.807, 2.05) is 0 Å². The van der Waals surface area contributed by atoms with Gasteiger partial charge in [-0.1, -0.05) is 18.7 Å². The Labute approximate surface area is 72.4 Å². The van der Waals surface area contributed by atoms with Gasteiger partial charge < -0.3 is 0 Å². The highest BCUT2D eigenvalue weighted by Gasteiger charge is 2.34. The molecule has 0 bridgehead atoms. The molecule has 3 nitrogen and oxygen atoms in total. The molecule has 0 unspecified atom stereocenters. The second-order valence-corrected chi connectivity index (χ2v) is 2.11. The monoisotopic (exact) mass is 192 g/mol. The summed E-state index contributed by atoms with van der Waals surface area (Å²) < 4.78 is 36.1. The van der Waals surface area contributed by atoms with Crippen LogP contribution in [0, 0.1) is 5.53 Å². The molecule has 0 rings (SSSR count). The number of hydrogen-bond donors (Lipinski definition) is 1. The number of hydrogen-bond acceptors (Lipinski definition) is 2. The number of halogens is 3. The van der Waals surface area contributed by atoms with Gasteiger partial charge in [-0.05, 0) is 0 Å². The van der Waals surface area contributed by atoms with E-state index in [-0.39, 0.29) is 0 Å². The van der Waals surface area contributed by atoms with Crippen LogP contribution in [0.5, 0.6) is 0 Å². The summed E-state index contributed by atoms with van der Waals surface area (Å²) in [7, 11) is 0. The molecular formula is C7H7F3N2O. The van der Waals surface area contributed by atoms with E-state index in [0.717, 1.165) is 6.08 Å². The van der Waals surface area contributed by atoms with Gasteiger partial charge in [-0.25, -0.2) is 5.53 Å². The van der Waals surface area contributed by atoms with Crippen LogP contribution in [0.2, 0.25) is 0 Å². The van der Waals surface area contributed by atoms with E-state index < -0.39 is 24.1 Å². The Morgan fingerprint density at radius 1 is 1.54 bits per heavy atom. The molecule has 0 aromatic heterocycles. The van der Waals surface area contributed by atoms with Gasteiger partial charge in [-0.3, -0.25) is 4.79 Å². The van der Waals surface area contributed by atoms with Gasteiger partial charge in [0, 0.05) is 5.57 Å². The number of carbonyl (C=O) groups is 1. The highest BCUT2D eigenvalue weighted by molar-refractivity contribution is 5.78. The second kappa shape index (κ2) is 4.54. The molecule has 0 heterocycles. The minimum absolute atomic E-state index is 0.684. The van der Waals surface area contributed by atoms with Crippen molar-refractivity contribution in [2.75, 3.05) is 0 Å². The zero-order chi connectivity index (χ0) is 10.5. The molecule has 1 amide bonds. The Hall–Kier alpha value is -1.46. The first-order chi connectivity index (χ1) is 5.91. The van der Waals surface area contributed by atoms with E-state index in [2.05, 4.69) is 11.7 Å². The first-order valence-electron chi connectivity index (χ1n) is 3.21. The molecule has 0 atom stereocenters. The minimum atomic E-state index is -4.57. The highest BCUT2D eigenvalue weighted by atomic mass is 19.4. The Morgan fingerprint density at radius 2 is 2.08 bits per heavy atom. The fourth-order valence-electron chi connectivity index (χ4n) is 0.598. The lowest BCUT2D eigenvalue weighted by atomic mass is 10.1. The first kappa shape index (κ1) is 11.5. The maximum Gasteiger partial charge on any atom is 0.413 e. The van der Waals surface area contributed by atoms with Crippen LogP contribution >= 0.6 is 0 Å². The Bertz CT molecular complexity index is 255. The first-order valence-corrected chi connectivity index (χ1v) is 3.21. The second-order valence-electron chi connectivity index (χ2n) is 2.11. The maximum atomic E-state index is 12.0. The maximum absolute atomic E-state index is 12.0. The Kier molecular flexibility index (Phi) is 4.03. The molecule has 0 aliphatic rings. The van der Waals surface area contributed by atoms with Crippen LogP contribution in [0.4, 0.5) is 13.2 Å². The number of nitrogens with one attached hydrogen (secondary N) is 1. The van der Waals surface area contributed by atoms with Crippen LogP contribution in [0.15, 0.2) is 29.4 Å². The molecule has 0 aliphatic heterocycles. The molecule has 13 heavy (non-hydrogen) atoms. The summed E-state index contributed by atoms with van der Waals surface area (Å²) in [6, 6.07) is 0. The topological polar surface area (TPSA) is 53.3 Å². The van der Waals surface area contributed by atoms with Gasteiger partial charge in [0.15, 0.2) is 0 Å². The molecule has 0 aromatic rings. The van der Waals surface area contributed by atoms with Crippen LogP contribution in [0.3, 0.4) is 0 Å². The van der Waals surface area contributed by atoms with Crippen molar-refractivity contribution in [3.8, 4) is 0 Å². The zero-order valence-corrected chi connectivity index (χ0v) is 6.56. The van der Waals surface area contributed by atoms with E-state index in [1.165, 1.54) is 0 Å². The summed E-state index contributed by atoms with van der Waals surface area (Å²) in [5.41, 5.74) is 5.14. The van der Waals surface area contributed by atoms with E-state index >= 15 is 0 Å². The van der Waals surface area contributed by atoms with Gasteiger partial charge in [0.25, 0.3) is 5.91 Å². The van der Waals surface area contributed by atoms with E-state index in [0.29, 0.717) is 6.08 Å². The predicted molar refractivity (Wildman–Crippen MR) is 39.1 cm³/mol. The summed E-state index contributed by atoms with van der Waals surface area (Å²) >= 11 is 0. The molecule has 0 spiro atoms. The summed E-state index contributed by atoms with van der Waals surface area (Å²) in [5.74, 6) is -1.13. The third-order valence-corrected chi connectivity index (χ3v) is 1.15. The van der Waals surface area contributed by atoms with Crippen LogP contribution in [0.1, 0.15) is 6.42 Å². The third kappa shape index (κ3) is 4.19. The fraction of sp³-hybridized carbons (Fsp3) is 0.286. The number of allylic oxidation sites excluding steroid dienone is 2. The average Bonchev–Trinajstić information content (AvgIpc) is 2.01. The molecule has 0 aromatic carbocycles. The lowest BCUT2D eigenvalue weighted by molar-refractivity contribution is -0.122. The lowest BCUT2D eigenvalue weighted by Crippen LogP contribution is -2.14. The molecule has 0 fully saturated rings. The summed E-state index contributed by atoms with van der Waals surface area (Å²) in [5, 5.41) is 2.36. The van der Waals surface area contributed by atoms with Gasteiger partial charge in [0.1, 0.15) is 0 Å². The third-order valence-electron chi connectivity index (χ3n) is 1.15. The van der Waals surface area contributed by atoms with Gasteiger partial charge in [-0.15, -0.1) is 5.11 Å². The van der Waals surface area contributed by atoms with Crippen molar-refractivity contribution in [3.63, 3.8) is 0 Å². The van der Waals surface area contributed by atoms with Gasteiger partial charge >= 0.3 is 6.18 Å². The molecule has 72 valence electrons. The molecule has 6 heteroatoms. The van der Waals surface area contributed by atoms with E-state index in [9.17, 15) is 18.0 Å². The van der Waals surface area contributed by atoms with Crippen molar-refractivity contribution in [2.45, 2.75) is 12.6 Å². The number of rotatable bonds is 3. The minimum Gasteiger partial charge on any atom is -0.271 e. The molecule has 0 saturated carbocycles. The number of carbonyl (C=O) groups excluding carboxylic acids is 1. The molecular weight excluding hydrogens is 185 g/mol. The van der Waals surface area contributed by atoms with Crippen LogP contribution in [-0.2, 0) is 4.79 Å². The van der Waals surface area contributed by atoms with Crippen molar-refractivity contribution >= 4 is 5.91 Å². The van der Waals surface area contributed by atoms with Gasteiger partial charge in [-0.2, -0.15) is 13.2 Å². The quantitative estimate of drug-likeness (QED) is 0.542. The smallest absolute Gasteiger partial charge is 0.271 e. The van der Waals surface area contributed by atoms with E-state index in [4.69, 9.17) is 5.53 Å². The molecule has 0 saturated heterocycles. The highest BCUT2D eigenvalue weighted by Crippen LogP contribution is 2.28. The fourth-order valence-corrected chi connectivity index (χ4v) is 0.598. The van der Waals surface area contributed by atoms with Crippen molar-refractivity contribution in [1.29, 1.82) is 5.53 Å². The van der Waals surface area contributed by atoms with E-state index in [1.54, 1.807) is 0 Å². The predicted octanol–water partition coefficient (Wildman–Crippen LogP) is 2.61. The van der Waals surface area contributed by atoms with Crippen molar-refractivity contribution < 1.29 is 18.0 Å². The average molecular weight is 192 g/mol. The van der Waals surface area contributed by atoms with Gasteiger partial charge in [0.2, 0.25) is 0 Å². The lowest BCUT2D eigenvalue weighted by Gasteiger charge is -2.07. The molecule has 0 radical (unpaired) electrons. The van der Waals surface area contributed by atoms with Crippen molar-refractivity contribution in [1.82, 2.24) is 0 Å². The zero-order valence-electron chi connectivity index (χ0n) is 6.56. The summed E-state index contributed by atoms with van der Waals surface area (Å²) in [6.07, 6.45) is -3.88. The molecule has 1 N–H and O–H groups in total. The Morgan fingerprint density at radius 3 is 2.38 bits per heavy atom. The summed E-state index contributed by atoms with van der Waals surface area (Å²) in [6.45, 7) is 3.08. The number of nitrogens with zero attached hydrogens (tertiary/aromatic N) is 1. The molecule has 0 aliphatic carbocycles. The Balaban J connectivity index is 4.65. The van der Waals surface area contributed by atoms with Gasteiger partial charge in [0.05, 0.1) is 6.42 Å². The van der Waals surface area contributed by atoms with Crippen LogP contribution in [-0.4, -0.2) is 12.1 Å². The van der Waals surface area contributed by atoms with Crippen molar-refractivity contribution in [3.05, 3.63) is 24.3 Å². The number of alkyl halides is 3. The normalized spacial score (nSPS) is 12.4. The van der Waals surface area contributed by atoms with Crippen molar-refractivity contribution in [2.24, 2.45) is 5.11 Å². The SMILES string of the molecule is C=C/C=C(\CC(=O)N=N)C(F)(F)F. The van der Waals surface area contributed by atoms with Crippen LogP contribution < -0.4 is 0 Å². The summed E-state index contributed by atoms with van der Waals surface area (Å²) in [4.78, 5) is 10.4. The number of amides is 1. The standard InChI is InChI=1S/C7H7F3N2O/c1-2-3-5(7(8,9)10)4-6(13)12-11/h2-3,11H,1,4H2/b5-3+,12-11?. The largest absolute Gasteiger partial charge is 0.413 e.